The van der Waals surface area contributed by atoms with Crippen molar-refractivity contribution in [2.24, 2.45) is 0 Å². The smallest absolute Gasteiger partial charge is 0.124 e. The number of nitrogens with zero attached hydrogens (tertiary/aromatic N) is 1. The van der Waals surface area contributed by atoms with E-state index in [1.165, 1.54) is 31.2 Å². The third-order valence-electron chi connectivity index (χ3n) is 4.59. The minimum Gasteiger partial charge on any atom is -0.314 e. The van der Waals surface area contributed by atoms with Crippen LogP contribution in [0.1, 0.15) is 31.2 Å². The fourth-order valence-corrected chi connectivity index (χ4v) is 3.99. The van der Waals surface area contributed by atoms with Gasteiger partial charge in [0.1, 0.15) is 5.82 Å². The number of hydrogen-bond donors (Lipinski definition) is 1. The fraction of sp³-hybridized carbons (Fsp3) is 0.600. The minimum absolute atomic E-state index is 0.175. The summed E-state index contributed by atoms with van der Waals surface area (Å²) in [5.74, 6) is -0.175. The lowest BCUT2D eigenvalue weighted by Crippen LogP contribution is -2.59. The number of halogens is 2. The molecule has 0 atom stereocenters. The van der Waals surface area contributed by atoms with Gasteiger partial charge in [0, 0.05) is 36.2 Å². The van der Waals surface area contributed by atoms with Crippen LogP contribution in [0.3, 0.4) is 0 Å². The Hall–Kier alpha value is -0.450. The van der Waals surface area contributed by atoms with Gasteiger partial charge in [-0.05, 0) is 30.5 Å². The highest BCUT2D eigenvalue weighted by molar-refractivity contribution is 9.10. The third kappa shape index (κ3) is 2.71. The summed E-state index contributed by atoms with van der Waals surface area (Å²) in [5.41, 5.74) is 1.53. The van der Waals surface area contributed by atoms with Crippen LogP contribution in [0.2, 0.25) is 0 Å². The Bertz CT molecular complexity index is 457. The van der Waals surface area contributed by atoms with Crippen molar-refractivity contribution in [3.8, 4) is 0 Å². The molecule has 1 aliphatic heterocycles. The highest BCUT2D eigenvalue weighted by Crippen LogP contribution is 2.37. The molecule has 1 saturated carbocycles. The van der Waals surface area contributed by atoms with E-state index in [4.69, 9.17) is 0 Å². The van der Waals surface area contributed by atoms with Gasteiger partial charge in [0.05, 0.1) is 0 Å². The van der Waals surface area contributed by atoms with Crippen molar-refractivity contribution in [2.45, 2.75) is 37.8 Å². The van der Waals surface area contributed by atoms with Gasteiger partial charge in [0.2, 0.25) is 0 Å². The van der Waals surface area contributed by atoms with Crippen molar-refractivity contribution in [1.82, 2.24) is 10.2 Å². The third-order valence-corrected chi connectivity index (χ3v) is 5.33. The first-order chi connectivity index (χ1) is 9.20. The maximum atomic E-state index is 13.2. The molecule has 0 bridgehead atoms. The number of nitrogens with one attached hydrogen (secondary N) is 1. The van der Waals surface area contributed by atoms with Crippen LogP contribution in [-0.2, 0) is 6.54 Å². The van der Waals surface area contributed by atoms with E-state index in [-0.39, 0.29) is 5.82 Å². The molecule has 2 fully saturated rings. The van der Waals surface area contributed by atoms with E-state index in [9.17, 15) is 4.39 Å². The molecule has 0 radical (unpaired) electrons. The molecule has 1 aliphatic carbocycles. The zero-order chi connectivity index (χ0) is 13.3. The normalized spacial score (nSPS) is 23.1. The average molecular weight is 327 g/mol. The largest absolute Gasteiger partial charge is 0.314 e. The Morgan fingerprint density at radius 2 is 2.11 bits per heavy atom. The second kappa shape index (κ2) is 5.51. The summed E-state index contributed by atoms with van der Waals surface area (Å²) < 4.78 is 14.1. The summed E-state index contributed by atoms with van der Waals surface area (Å²) in [6.07, 6.45) is 5.25. The topological polar surface area (TPSA) is 15.3 Å². The zero-order valence-electron chi connectivity index (χ0n) is 11.1. The zero-order valence-corrected chi connectivity index (χ0v) is 12.7. The summed E-state index contributed by atoms with van der Waals surface area (Å²) in [6.45, 7) is 4.17. The molecule has 1 saturated heterocycles. The average Bonchev–Trinajstić information content (AvgIpc) is 2.85. The van der Waals surface area contributed by atoms with E-state index in [2.05, 4.69) is 26.1 Å². The molecule has 1 aromatic carbocycles. The van der Waals surface area contributed by atoms with Gasteiger partial charge in [-0.3, -0.25) is 4.90 Å². The Morgan fingerprint density at radius 1 is 1.32 bits per heavy atom. The van der Waals surface area contributed by atoms with Crippen molar-refractivity contribution in [3.05, 3.63) is 34.1 Å². The van der Waals surface area contributed by atoms with E-state index in [1.807, 2.05) is 6.07 Å². The number of hydrogen-bond acceptors (Lipinski definition) is 2. The standard InChI is InChI=1S/C15H20BrFN2/c16-14-9-13(17)4-3-12(14)10-19-8-7-18-11-15(19)5-1-2-6-15/h3-4,9,18H,1-2,5-8,10-11H2. The summed E-state index contributed by atoms with van der Waals surface area (Å²) in [5, 5.41) is 3.54. The Morgan fingerprint density at radius 3 is 2.84 bits per heavy atom. The number of benzene rings is 1. The molecule has 0 aromatic heterocycles. The van der Waals surface area contributed by atoms with Crippen LogP contribution in [0, 0.1) is 5.82 Å². The first-order valence-corrected chi connectivity index (χ1v) is 7.89. The molecular weight excluding hydrogens is 307 g/mol. The van der Waals surface area contributed by atoms with Gasteiger partial charge in [-0.25, -0.2) is 4.39 Å². The quantitative estimate of drug-likeness (QED) is 0.897. The van der Waals surface area contributed by atoms with Crippen LogP contribution in [0.15, 0.2) is 22.7 Å². The van der Waals surface area contributed by atoms with E-state index in [0.29, 0.717) is 5.54 Å². The van der Waals surface area contributed by atoms with Crippen molar-refractivity contribution >= 4 is 15.9 Å². The summed E-state index contributed by atoms with van der Waals surface area (Å²) >= 11 is 3.49. The van der Waals surface area contributed by atoms with Crippen molar-refractivity contribution in [1.29, 1.82) is 0 Å². The Kier molecular flexibility index (Phi) is 3.92. The van der Waals surface area contributed by atoms with Crippen LogP contribution >= 0.6 is 15.9 Å². The molecule has 1 spiro atoms. The molecule has 2 aliphatic rings. The number of rotatable bonds is 2. The van der Waals surface area contributed by atoms with E-state index in [0.717, 1.165) is 30.7 Å². The van der Waals surface area contributed by atoms with E-state index in [1.54, 1.807) is 12.1 Å². The van der Waals surface area contributed by atoms with Gasteiger partial charge in [-0.2, -0.15) is 0 Å². The predicted molar refractivity (Wildman–Crippen MR) is 78.6 cm³/mol. The molecule has 1 N–H and O–H groups in total. The van der Waals surface area contributed by atoms with Gasteiger partial charge >= 0.3 is 0 Å². The molecule has 4 heteroatoms. The molecule has 1 heterocycles. The van der Waals surface area contributed by atoms with Crippen molar-refractivity contribution in [2.75, 3.05) is 19.6 Å². The lowest BCUT2D eigenvalue weighted by Gasteiger charge is -2.45. The van der Waals surface area contributed by atoms with Gasteiger partial charge < -0.3 is 5.32 Å². The molecule has 3 rings (SSSR count). The van der Waals surface area contributed by atoms with E-state index >= 15 is 0 Å². The SMILES string of the molecule is Fc1ccc(CN2CCNCC23CCCC3)c(Br)c1. The highest BCUT2D eigenvalue weighted by Gasteiger charge is 2.40. The number of piperazine rings is 1. The maximum Gasteiger partial charge on any atom is 0.124 e. The predicted octanol–water partition coefficient (Wildman–Crippen LogP) is 3.31. The van der Waals surface area contributed by atoms with Crippen molar-refractivity contribution < 1.29 is 4.39 Å². The van der Waals surface area contributed by atoms with Crippen LogP contribution in [0.5, 0.6) is 0 Å². The van der Waals surface area contributed by atoms with Gasteiger partial charge in [-0.1, -0.05) is 34.8 Å². The van der Waals surface area contributed by atoms with Crippen LogP contribution in [0.25, 0.3) is 0 Å². The van der Waals surface area contributed by atoms with Crippen LogP contribution in [0.4, 0.5) is 4.39 Å². The first-order valence-electron chi connectivity index (χ1n) is 7.09. The first kappa shape index (κ1) is 13.5. The second-order valence-electron chi connectivity index (χ2n) is 5.77. The molecule has 104 valence electrons. The summed E-state index contributed by atoms with van der Waals surface area (Å²) in [7, 11) is 0. The molecular formula is C15H20BrFN2. The molecule has 0 amide bonds. The van der Waals surface area contributed by atoms with Crippen molar-refractivity contribution in [3.63, 3.8) is 0 Å². The van der Waals surface area contributed by atoms with E-state index < -0.39 is 0 Å². The van der Waals surface area contributed by atoms with Gasteiger partial charge in [-0.15, -0.1) is 0 Å². The van der Waals surface area contributed by atoms with Crippen LogP contribution < -0.4 is 5.32 Å². The molecule has 1 aromatic rings. The molecule has 2 nitrogen and oxygen atoms in total. The maximum absolute atomic E-state index is 13.2. The monoisotopic (exact) mass is 326 g/mol. The Balaban J connectivity index is 1.80. The fourth-order valence-electron chi connectivity index (χ4n) is 3.51. The summed E-state index contributed by atoms with van der Waals surface area (Å²) in [6, 6.07) is 5.03. The minimum atomic E-state index is -0.175. The summed E-state index contributed by atoms with van der Waals surface area (Å²) in [4.78, 5) is 2.61. The lowest BCUT2D eigenvalue weighted by molar-refractivity contribution is 0.0570. The second-order valence-corrected chi connectivity index (χ2v) is 6.62. The molecule has 0 unspecified atom stereocenters. The molecule has 19 heavy (non-hydrogen) atoms. The highest BCUT2D eigenvalue weighted by atomic mass is 79.9. The van der Waals surface area contributed by atoms with Gasteiger partial charge in [0.15, 0.2) is 0 Å². The van der Waals surface area contributed by atoms with Gasteiger partial charge in [0.25, 0.3) is 0 Å². The van der Waals surface area contributed by atoms with Crippen LogP contribution in [-0.4, -0.2) is 30.1 Å². The lowest BCUT2D eigenvalue weighted by atomic mass is 9.92. The Labute approximate surface area is 122 Å².